The van der Waals surface area contributed by atoms with Gasteiger partial charge >= 0.3 is 0 Å². The second kappa shape index (κ2) is 14.8. The molecule has 1 aliphatic carbocycles. The highest BCUT2D eigenvalue weighted by atomic mass is 32.1. The van der Waals surface area contributed by atoms with E-state index in [-0.39, 0.29) is 5.41 Å². The Morgan fingerprint density at radius 1 is 0.333 bits per heavy atom. The summed E-state index contributed by atoms with van der Waals surface area (Å²) >= 11 is 1.88. The first-order valence-electron chi connectivity index (χ1n) is 21.8. The van der Waals surface area contributed by atoms with Crippen LogP contribution in [-0.2, 0) is 5.41 Å². The molecule has 0 aliphatic heterocycles. The Hall–Kier alpha value is -7.52. The maximum Gasteiger partial charge on any atom is 0.0462 e. The van der Waals surface area contributed by atoms with Gasteiger partial charge in [-0.2, -0.15) is 0 Å². The Kier molecular flexibility index (Phi) is 8.77. The van der Waals surface area contributed by atoms with Crippen LogP contribution in [0.3, 0.4) is 0 Å². The lowest BCUT2D eigenvalue weighted by atomic mass is 9.81. The van der Waals surface area contributed by atoms with Gasteiger partial charge in [-0.1, -0.05) is 184 Å². The van der Waals surface area contributed by atoms with Crippen molar-refractivity contribution >= 4 is 59.3 Å². The van der Waals surface area contributed by atoms with Gasteiger partial charge in [-0.05, 0) is 132 Å². The van der Waals surface area contributed by atoms with Gasteiger partial charge in [0.05, 0.1) is 0 Å². The minimum absolute atomic E-state index is 0.0441. The van der Waals surface area contributed by atoms with Crippen LogP contribution in [-0.4, -0.2) is 0 Å². The molecule has 1 aromatic heterocycles. The Morgan fingerprint density at radius 2 is 0.841 bits per heavy atom. The van der Waals surface area contributed by atoms with Gasteiger partial charge in [0.1, 0.15) is 0 Å². The molecule has 12 rings (SSSR count). The summed E-state index contributed by atoms with van der Waals surface area (Å²) in [7, 11) is 0. The first-order chi connectivity index (χ1) is 31.0. The van der Waals surface area contributed by atoms with Crippen LogP contribution in [0.25, 0.3) is 86.6 Å². The molecule has 11 aromatic rings. The van der Waals surface area contributed by atoms with Gasteiger partial charge in [-0.25, -0.2) is 0 Å². The maximum atomic E-state index is 2.41. The van der Waals surface area contributed by atoms with E-state index in [0.717, 1.165) is 17.1 Å². The lowest BCUT2D eigenvalue weighted by Gasteiger charge is -2.26. The van der Waals surface area contributed by atoms with Crippen LogP contribution in [0.2, 0.25) is 0 Å². The predicted octanol–water partition coefficient (Wildman–Crippen LogP) is 17.7. The molecule has 0 saturated carbocycles. The monoisotopic (exact) mass is 821 g/mol. The van der Waals surface area contributed by atoms with Gasteiger partial charge in [-0.15, -0.1) is 11.3 Å². The van der Waals surface area contributed by atoms with Gasteiger partial charge in [0.15, 0.2) is 0 Å². The van der Waals surface area contributed by atoms with Gasteiger partial charge < -0.3 is 4.90 Å². The lowest BCUT2D eigenvalue weighted by molar-refractivity contribution is 0.660. The van der Waals surface area contributed by atoms with Gasteiger partial charge in [0.2, 0.25) is 0 Å². The molecule has 0 N–H and O–H groups in total. The minimum atomic E-state index is -0.0441. The summed E-state index contributed by atoms with van der Waals surface area (Å²) in [5.41, 5.74) is 18.6. The number of anilines is 3. The van der Waals surface area contributed by atoms with Crippen molar-refractivity contribution < 1.29 is 0 Å². The summed E-state index contributed by atoms with van der Waals surface area (Å²) in [5, 5.41) is 5.16. The highest BCUT2D eigenvalue weighted by Gasteiger charge is 2.35. The van der Waals surface area contributed by atoms with E-state index in [1.165, 1.54) is 97.7 Å². The van der Waals surface area contributed by atoms with Crippen molar-refractivity contribution in [3.8, 4) is 55.6 Å². The minimum Gasteiger partial charge on any atom is -0.311 e. The third-order valence-corrected chi connectivity index (χ3v) is 14.5. The molecule has 63 heavy (non-hydrogen) atoms. The molecule has 0 saturated heterocycles. The summed E-state index contributed by atoms with van der Waals surface area (Å²) in [6.45, 7) is 4.70. The smallest absolute Gasteiger partial charge is 0.0462 e. The number of fused-ring (bicyclic) bond motifs is 7. The van der Waals surface area contributed by atoms with Crippen LogP contribution in [0.15, 0.2) is 224 Å². The molecule has 0 fully saturated rings. The molecule has 0 bridgehead atoms. The molecule has 298 valence electrons. The molecule has 10 aromatic carbocycles. The molecular formula is C61H43NS. The average molecular weight is 822 g/mol. The molecule has 1 heterocycles. The average Bonchev–Trinajstić information content (AvgIpc) is 3.84. The van der Waals surface area contributed by atoms with Crippen molar-refractivity contribution in [2.45, 2.75) is 19.3 Å². The van der Waals surface area contributed by atoms with Crippen molar-refractivity contribution in [1.29, 1.82) is 0 Å². The molecule has 2 heteroatoms. The zero-order valence-corrected chi connectivity index (χ0v) is 36.0. The van der Waals surface area contributed by atoms with Crippen LogP contribution < -0.4 is 4.90 Å². The molecule has 0 radical (unpaired) electrons. The number of thiophene rings is 1. The van der Waals surface area contributed by atoms with E-state index in [2.05, 4.69) is 243 Å². The van der Waals surface area contributed by atoms with Crippen molar-refractivity contribution in [1.82, 2.24) is 0 Å². The number of rotatable bonds is 7. The fourth-order valence-electron chi connectivity index (χ4n) is 10.0. The van der Waals surface area contributed by atoms with Crippen LogP contribution in [0, 0.1) is 0 Å². The normalized spacial score (nSPS) is 12.7. The van der Waals surface area contributed by atoms with E-state index in [1.54, 1.807) is 0 Å². The van der Waals surface area contributed by atoms with Crippen molar-refractivity contribution in [2.24, 2.45) is 0 Å². The van der Waals surface area contributed by atoms with Crippen LogP contribution in [0.4, 0.5) is 17.1 Å². The van der Waals surface area contributed by atoms with Crippen molar-refractivity contribution in [3.05, 3.63) is 236 Å². The zero-order valence-electron chi connectivity index (χ0n) is 35.2. The quantitative estimate of drug-likeness (QED) is 0.155. The number of benzene rings is 10. The summed E-state index contributed by atoms with van der Waals surface area (Å²) < 4.78 is 2.66. The fourth-order valence-corrected chi connectivity index (χ4v) is 11.3. The molecule has 1 nitrogen and oxygen atoms in total. The SMILES string of the molecule is CC1(C)c2ccccc2-c2ccc(-c3ccc(N(c4ccc(-c5cccc(-c6cccc7c6sc6ccccc67)c5)cc4)c4ccc(-c5cccc6ccccc56)cc4)cc3)cc21. The molecule has 0 amide bonds. The van der Waals surface area contributed by atoms with Crippen molar-refractivity contribution in [3.63, 3.8) is 0 Å². The number of hydrogen-bond donors (Lipinski definition) is 0. The Morgan fingerprint density at radius 3 is 1.60 bits per heavy atom. The second-order valence-corrected chi connectivity index (χ2v) is 18.3. The van der Waals surface area contributed by atoms with Gasteiger partial charge in [-0.3, -0.25) is 0 Å². The molecule has 1 aliphatic rings. The van der Waals surface area contributed by atoms with Crippen LogP contribution in [0.5, 0.6) is 0 Å². The van der Waals surface area contributed by atoms with E-state index in [4.69, 9.17) is 0 Å². The predicted molar refractivity (Wildman–Crippen MR) is 271 cm³/mol. The summed E-state index contributed by atoms with van der Waals surface area (Å²) in [5.74, 6) is 0. The van der Waals surface area contributed by atoms with Crippen LogP contribution >= 0.6 is 11.3 Å². The third kappa shape index (κ3) is 6.29. The largest absolute Gasteiger partial charge is 0.311 e. The first kappa shape index (κ1) is 37.3. The lowest BCUT2D eigenvalue weighted by Crippen LogP contribution is -2.14. The van der Waals surface area contributed by atoms with Gasteiger partial charge in [0, 0.05) is 42.6 Å². The molecular weight excluding hydrogens is 779 g/mol. The number of hydrogen-bond acceptors (Lipinski definition) is 2. The number of nitrogens with zero attached hydrogens (tertiary/aromatic N) is 1. The van der Waals surface area contributed by atoms with Crippen LogP contribution in [0.1, 0.15) is 25.0 Å². The van der Waals surface area contributed by atoms with E-state index >= 15 is 0 Å². The standard InChI is InChI=1S/C61H43NS/c1-61(2)57-22-7-5-17-53(57)54-37-30-45(39-58(54)61)41-26-33-48(34-27-41)62(49-35-28-43(29-36-49)51-19-10-13-42-12-3-4-16-50(42)51)47-31-24-40(25-32-47)44-14-9-15-46(38-44)52-20-11-21-56-55-18-6-8-23-59(55)63-60(52)56/h3-39H,1-2H3. The second-order valence-electron chi connectivity index (χ2n) is 17.3. The third-order valence-electron chi connectivity index (χ3n) is 13.3. The topological polar surface area (TPSA) is 3.24 Å². The highest BCUT2D eigenvalue weighted by molar-refractivity contribution is 7.26. The fraction of sp³-hybridized carbons (Fsp3) is 0.0492. The Bertz CT molecular complexity index is 3510. The van der Waals surface area contributed by atoms with E-state index in [0.29, 0.717) is 0 Å². The summed E-state index contributed by atoms with van der Waals surface area (Å²) in [4.78, 5) is 2.38. The molecule has 0 atom stereocenters. The Balaban J connectivity index is 0.907. The highest BCUT2D eigenvalue weighted by Crippen LogP contribution is 2.50. The molecule has 0 spiro atoms. The van der Waals surface area contributed by atoms with Crippen molar-refractivity contribution in [2.75, 3.05) is 4.90 Å². The summed E-state index contributed by atoms with van der Waals surface area (Å²) in [6, 6.07) is 82.7. The van der Waals surface area contributed by atoms with E-state index in [9.17, 15) is 0 Å². The van der Waals surface area contributed by atoms with E-state index in [1.807, 2.05) is 11.3 Å². The van der Waals surface area contributed by atoms with Gasteiger partial charge in [0.25, 0.3) is 0 Å². The zero-order chi connectivity index (χ0) is 42.1. The van der Waals surface area contributed by atoms with E-state index < -0.39 is 0 Å². The first-order valence-corrected chi connectivity index (χ1v) is 22.6. The maximum absolute atomic E-state index is 2.41. The Labute approximate surface area is 372 Å². The summed E-state index contributed by atoms with van der Waals surface area (Å²) in [6.07, 6.45) is 0. The molecule has 0 unspecified atom stereocenters.